The van der Waals surface area contributed by atoms with Crippen LogP contribution >= 0.6 is 0 Å². The molecule has 2 saturated heterocycles. The smallest absolute Gasteiger partial charge is 0.318 e. The molecule has 3 amide bonds. The summed E-state index contributed by atoms with van der Waals surface area (Å²) in [5.41, 5.74) is 0. The second-order valence-electron chi connectivity index (χ2n) is 5.36. The maximum absolute atomic E-state index is 13.4. The van der Waals surface area contributed by atoms with Gasteiger partial charge in [-0.3, -0.25) is 4.79 Å². The Morgan fingerprint density at radius 3 is 2.76 bits per heavy atom. The van der Waals surface area contributed by atoms with Crippen molar-refractivity contribution >= 4 is 11.9 Å². The first kappa shape index (κ1) is 15.5. The first-order valence-corrected chi connectivity index (χ1v) is 7.02. The van der Waals surface area contributed by atoms with Crippen molar-refractivity contribution in [1.29, 1.82) is 5.26 Å². The van der Waals surface area contributed by atoms with Gasteiger partial charge in [-0.15, -0.1) is 0 Å². The van der Waals surface area contributed by atoms with Crippen molar-refractivity contribution in [1.82, 2.24) is 15.1 Å². The van der Waals surface area contributed by atoms with E-state index in [1.54, 1.807) is 13.0 Å². The summed E-state index contributed by atoms with van der Waals surface area (Å²) in [5, 5.41) is 11.6. The van der Waals surface area contributed by atoms with Gasteiger partial charge in [0.1, 0.15) is 12.1 Å². The summed E-state index contributed by atoms with van der Waals surface area (Å²) < 4.78 is 26.8. The minimum Gasteiger partial charge on any atom is -0.338 e. The number of carbonyl (C=O) groups excluding carboxylic acids is 2. The Kier molecular flexibility index (Phi) is 4.30. The maximum atomic E-state index is 13.4. The van der Waals surface area contributed by atoms with Gasteiger partial charge in [0.05, 0.1) is 12.6 Å². The van der Waals surface area contributed by atoms with E-state index in [0.29, 0.717) is 25.9 Å². The summed E-state index contributed by atoms with van der Waals surface area (Å²) in [6, 6.07) is -0.488. The molecule has 2 fully saturated rings. The highest BCUT2D eigenvalue weighted by Crippen LogP contribution is 2.33. The molecule has 0 spiro atoms. The van der Waals surface area contributed by atoms with Crippen LogP contribution in [-0.4, -0.2) is 59.4 Å². The Bertz CT molecular complexity index is 477. The fourth-order valence-corrected chi connectivity index (χ4v) is 2.87. The van der Waals surface area contributed by atoms with E-state index in [1.165, 1.54) is 4.90 Å². The largest absolute Gasteiger partial charge is 0.338 e. The molecule has 0 aliphatic carbocycles. The highest BCUT2D eigenvalue weighted by molar-refractivity contribution is 5.88. The summed E-state index contributed by atoms with van der Waals surface area (Å²) in [6.07, 6.45) is 0.453. The van der Waals surface area contributed by atoms with Gasteiger partial charge in [0.2, 0.25) is 5.91 Å². The van der Waals surface area contributed by atoms with Gasteiger partial charge in [0, 0.05) is 19.5 Å². The molecule has 0 aromatic rings. The number of alkyl halides is 2. The quantitative estimate of drug-likeness (QED) is 0.824. The predicted molar refractivity (Wildman–Crippen MR) is 69.5 cm³/mol. The molecule has 2 heterocycles. The predicted octanol–water partition coefficient (Wildman–Crippen LogP) is 0.940. The van der Waals surface area contributed by atoms with Crippen LogP contribution in [0.25, 0.3) is 0 Å². The molecule has 0 saturated carbocycles. The standard InChI is InChI=1S/C13H18F2N4O2/c1-2-17-12(21)18-5-3-4-10(18)11(20)19-8-13(14,15)6-9(19)7-16/h9-10H,2-6,8H2,1H3,(H,17,21)/t9-,10?/m0/s1. The Balaban J connectivity index is 2.12. The summed E-state index contributed by atoms with van der Waals surface area (Å²) in [6.45, 7) is 1.86. The highest BCUT2D eigenvalue weighted by Gasteiger charge is 2.50. The number of urea groups is 1. The van der Waals surface area contributed by atoms with Crippen LogP contribution in [0.5, 0.6) is 0 Å². The molecule has 0 radical (unpaired) electrons. The number of nitriles is 1. The van der Waals surface area contributed by atoms with Crippen LogP contribution < -0.4 is 5.32 Å². The number of nitrogens with zero attached hydrogens (tertiary/aromatic N) is 3. The van der Waals surface area contributed by atoms with Crippen LogP contribution in [0.1, 0.15) is 26.2 Å². The Morgan fingerprint density at radius 2 is 2.14 bits per heavy atom. The minimum atomic E-state index is -3.04. The van der Waals surface area contributed by atoms with E-state index in [4.69, 9.17) is 5.26 Å². The Labute approximate surface area is 121 Å². The minimum absolute atomic E-state index is 0.368. The average Bonchev–Trinajstić information content (AvgIpc) is 3.02. The van der Waals surface area contributed by atoms with Gasteiger partial charge in [-0.25, -0.2) is 13.6 Å². The molecule has 21 heavy (non-hydrogen) atoms. The van der Waals surface area contributed by atoms with Crippen LogP contribution in [0.3, 0.4) is 0 Å². The molecule has 2 rings (SSSR count). The zero-order valence-electron chi connectivity index (χ0n) is 11.8. The first-order valence-electron chi connectivity index (χ1n) is 7.02. The number of rotatable bonds is 2. The average molecular weight is 300 g/mol. The normalized spacial score (nSPS) is 27.5. The second kappa shape index (κ2) is 5.84. The lowest BCUT2D eigenvalue weighted by Gasteiger charge is -2.29. The lowest BCUT2D eigenvalue weighted by Crippen LogP contribution is -2.51. The number of carbonyl (C=O) groups is 2. The van der Waals surface area contributed by atoms with Crippen LogP contribution in [0.15, 0.2) is 0 Å². The van der Waals surface area contributed by atoms with Gasteiger partial charge < -0.3 is 15.1 Å². The van der Waals surface area contributed by atoms with Crippen molar-refractivity contribution in [3.05, 3.63) is 0 Å². The second-order valence-corrected chi connectivity index (χ2v) is 5.36. The number of nitrogens with one attached hydrogen (secondary N) is 1. The monoisotopic (exact) mass is 300 g/mol. The third-order valence-corrected chi connectivity index (χ3v) is 3.83. The molecule has 0 aromatic carbocycles. The third-order valence-electron chi connectivity index (χ3n) is 3.83. The number of hydrogen-bond donors (Lipinski definition) is 1. The van der Waals surface area contributed by atoms with E-state index in [0.717, 1.165) is 4.90 Å². The summed E-state index contributed by atoms with van der Waals surface area (Å²) in [7, 11) is 0. The van der Waals surface area contributed by atoms with Crippen molar-refractivity contribution in [3.8, 4) is 6.07 Å². The highest BCUT2D eigenvalue weighted by atomic mass is 19.3. The Morgan fingerprint density at radius 1 is 1.43 bits per heavy atom. The van der Waals surface area contributed by atoms with Crippen molar-refractivity contribution < 1.29 is 18.4 Å². The van der Waals surface area contributed by atoms with Gasteiger partial charge in [-0.1, -0.05) is 0 Å². The van der Waals surface area contributed by atoms with Crippen molar-refractivity contribution in [2.75, 3.05) is 19.6 Å². The van der Waals surface area contributed by atoms with Crippen molar-refractivity contribution in [2.45, 2.75) is 44.2 Å². The molecule has 2 aliphatic rings. The molecule has 0 bridgehead atoms. The zero-order valence-corrected chi connectivity index (χ0v) is 11.8. The summed E-state index contributed by atoms with van der Waals surface area (Å²) in [4.78, 5) is 26.6. The third kappa shape index (κ3) is 3.06. The molecular formula is C13H18F2N4O2. The fourth-order valence-electron chi connectivity index (χ4n) is 2.87. The summed E-state index contributed by atoms with van der Waals surface area (Å²) in [5.74, 6) is -3.59. The SMILES string of the molecule is CCNC(=O)N1CCCC1C(=O)N1CC(F)(F)C[C@H]1C#N. The maximum Gasteiger partial charge on any atom is 0.318 e. The van der Waals surface area contributed by atoms with Gasteiger partial charge in [0.15, 0.2) is 0 Å². The molecule has 1 unspecified atom stereocenters. The van der Waals surface area contributed by atoms with Crippen molar-refractivity contribution in [3.63, 3.8) is 0 Å². The fraction of sp³-hybridized carbons (Fsp3) is 0.769. The molecule has 6 nitrogen and oxygen atoms in total. The number of likely N-dealkylation sites (tertiary alicyclic amines) is 2. The number of halogens is 2. The van der Waals surface area contributed by atoms with Gasteiger partial charge in [-0.2, -0.15) is 5.26 Å². The van der Waals surface area contributed by atoms with E-state index in [-0.39, 0.29) is 6.03 Å². The topological polar surface area (TPSA) is 76.4 Å². The first-order chi connectivity index (χ1) is 9.89. The molecule has 8 heteroatoms. The lowest BCUT2D eigenvalue weighted by molar-refractivity contribution is -0.136. The molecule has 0 aromatic heterocycles. The van der Waals surface area contributed by atoms with E-state index < -0.39 is 36.9 Å². The van der Waals surface area contributed by atoms with Gasteiger partial charge >= 0.3 is 6.03 Å². The van der Waals surface area contributed by atoms with Crippen LogP contribution in [-0.2, 0) is 4.79 Å². The van der Waals surface area contributed by atoms with Gasteiger partial charge in [0.25, 0.3) is 5.92 Å². The van der Waals surface area contributed by atoms with E-state index in [2.05, 4.69) is 5.32 Å². The molecule has 2 atom stereocenters. The number of amides is 3. The van der Waals surface area contributed by atoms with E-state index in [9.17, 15) is 18.4 Å². The Hall–Kier alpha value is -1.91. The van der Waals surface area contributed by atoms with E-state index >= 15 is 0 Å². The molecular weight excluding hydrogens is 282 g/mol. The zero-order chi connectivity index (χ0) is 15.6. The molecule has 1 N–H and O–H groups in total. The molecule has 116 valence electrons. The van der Waals surface area contributed by atoms with Gasteiger partial charge in [-0.05, 0) is 19.8 Å². The van der Waals surface area contributed by atoms with Crippen molar-refractivity contribution in [2.24, 2.45) is 0 Å². The molecule has 2 aliphatic heterocycles. The van der Waals surface area contributed by atoms with Crippen LogP contribution in [0.4, 0.5) is 13.6 Å². The summed E-state index contributed by atoms with van der Waals surface area (Å²) >= 11 is 0. The van der Waals surface area contributed by atoms with Crippen LogP contribution in [0.2, 0.25) is 0 Å². The van der Waals surface area contributed by atoms with Crippen LogP contribution in [0, 0.1) is 11.3 Å². The van der Waals surface area contributed by atoms with E-state index in [1.807, 2.05) is 0 Å². The lowest BCUT2D eigenvalue weighted by atomic mass is 10.1. The number of hydrogen-bond acceptors (Lipinski definition) is 3.